The Morgan fingerprint density at radius 3 is 1.54 bits per heavy atom. The van der Waals surface area contributed by atoms with Gasteiger partial charge in [-0.05, 0) is 125 Å². The van der Waals surface area contributed by atoms with E-state index in [4.69, 9.17) is 0 Å². The van der Waals surface area contributed by atoms with Crippen molar-refractivity contribution in [2.75, 3.05) is 4.90 Å². The fraction of sp³-hybridized carbons (Fsp3) is 0.103. The van der Waals surface area contributed by atoms with Gasteiger partial charge in [-0.1, -0.05) is 191 Å². The van der Waals surface area contributed by atoms with Crippen LogP contribution in [0.2, 0.25) is 0 Å². The number of hydrogen-bond acceptors (Lipinski definition) is 1. The largest absolute Gasteiger partial charge is 0.310 e. The van der Waals surface area contributed by atoms with Crippen LogP contribution in [0.5, 0.6) is 0 Å². The maximum Gasteiger partial charge on any atom is 0.0467 e. The Kier molecular flexibility index (Phi) is 7.94. The molecule has 0 fully saturated rings. The molecule has 0 aromatic heterocycles. The number of hydrogen-bond donors (Lipinski definition) is 0. The molecule has 0 saturated heterocycles. The van der Waals surface area contributed by atoms with Crippen molar-refractivity contribution >= 4 is 27.8 Å². The van der Waals surface area contributed by atoms with Gasteiger partial charge >= 0.3 is 0 Å². The van der Waals surface area contributed by atoms with Crippen LogP contribution in [-0.2, 0) is 10.8 Å². The first-order valence-corrected chi connectivity index (χ1v) is 20.8. The monoisotopic (exact) mass is 755 g/mol. The number of benzene rings is 9. The molecule has 282 valence electrons. The number of anilines is 3. The molecule has 9 aromatic carbocycles. The molecule has 0 bridgehead atoms. The maximum absolute atomic E-state index is 2.45. The maximum atomic E-state index is 2.45. The molecule has 59 heavy (non-hydrogen) atoms. The summed E-state index contributed by atoms with van der Waals surface area (Å²) in [6.45, 7) is 9.47. The molecule has 0 amide bonds. The topological polar surface area (TPSA) is 3.24 Å². The normalized spacial score (nSPS) is 14.0. The zero-order valence-corrected chi connectivity index (χ0v) is 34.0. The summed E-state index contributed by atoms with van der Waals surface area (Å²) in [6, 6.07) is 74.2. The van der Waals surface area contributed by atoms with Crippen LogP contribution in [-0.4, -0.2) is 0 Å². The van der Waals surface area contributed by atoms with E-state index in [-0.39, 0.29) is 10.8 Å². The highest BCUT2D eigenvalue weighted by molar-refractivity contribution is 6.07. The molecule has 0 radical (unpaired) electrons. The third kappa shape index (κ3) is 5.45. The van der Waals surface area contributed by atoms with Crippen LogP contribution in [0.1, 0.15) is 49.9 Å². The predicted molar refractivity (Wildman–Crippen MR) is 250 cm³/mol. The molecule has 0 spiro atoms. The Morgan fingerprint density at radius 2 is 0.797 bits per heavy atom. The molecule has 0 aliphatic heterocycles. The SMILES string of the molecule is CC1(C)c2ccccc2-c2ccc(N(c3ccc(-c4cccc5c4C(C)(C)c4ccccc4-5)cc3)c3cccc(-c4cccc5cccc(-c6ccccc6)c45)c3)cc21. The molecule has 0 atom stereocenters. The van der Waals surface area contributed by atoms with Gasteiger partial charge in [0.05, 0.1) is 0 Å². The lowest BCUT2D eigenvalue weighted by atomic mass is 9.79. The molecule has 0 heterocycles. The second-order valence-corrected chi connectivity index (χ2v) is 17.3. The Morgan fingerprint density at radius 1 is 0.305 bits per heavy atom. The van der Waals surface area contributed by atoms with Crippen LogP contribution in [0.4, 0.5) is 17.1 Å². The molecule has 2 aliphatic rings. The third-order valence-corrected chi connectivity index (χ3v) is 13.2. The minimum absolute atomic E-state index is 0.0928. The van der Waals surface area contributed by atoms with E-state index >= 15 is 0 Å². The number of fused-ring (bicyclic) bond motifs is 7. The van der Waals surface area contributed by atoms with Gasteiger partial charge in [-0.2, -0.15) is 0 Å². The van der Waals surface area contributed by atoms with E-state index in [0.717, 1.165) is 17.1 Å². The Balaban J connectivity index is 1.07. The Bertz CT molecular complexity index is 3090. The van der Waals surface area contributed by atoms with E-state index in [1.54, 1.807) is 0 Å². The molecule has 9 aromatic rings. The van der Waals surface area contributed by atoms with Crippen molar-refractivity contribution in [1.29, 1.82) is 0 Å². The predicted octanol–water partition coefficient (Wildman–Crippen LogP) is 15.9. The van der Waals surface area contributed by atoms with Gasteiger partial charge in [-0.25, -0.2) is 0 Å². The Hall–Kier alpha value is -6.96. The smallest absolute Gasteiger partial charge is 0.0467 e. The van der Waals surface area contributed by atoms with Crippen molar-refractivity contribution in [3.63, 3.8) is 0 Å². The second-order valence-electron chi connectivity index (χ2n) is 17.3. The van der Waals surface area contributed by atoms with Crippen molar-refractivity contribution in [3.8, 4) is 55.6 Å². The first kappa shape index (κ1) is 35.2. The number of nitrogens with zero attached hydrogens (tertiary/aromatic N) is 1. The Labute approximate surface area is 347 Å². The van der Waals surface area contributed by atoms with E-state index in [0.29, 0.717) is 0 Å². The zero-order chi connectivity index (χ0) is 39.9. The van der Waals surface area contributed by atoms with Gasteiger partial charge in [0.2, 0.25) is 0 Å². The van der Waals surface area contributed by atoms with Crippen LogP contribution >= 0.6 is 0 Å². The summed E-state index contributed by atoms with van der Waals surface area (Å²) in [5.74, 6) is 0. The molecule has 1 nitrogen and oxygen atoms in total. The molecular formula is C58H45N. The first-order valence-electron chi connectivity index (χ1n) is 20.8. The highest BCUT2D eigenvalue weighted by Crippen LogP contribution is 2.53. The number of rotatable bonds is 6. The van der Waals surface area contributed by atoms with Gasteiger partial charge in [0.15, 0.2) is 0 Å². The summed E-state index contributed by atoms with van der Waals surface area (Å²) >= 11 is 0. The quantitative estimate of drug-likeness (QED) is 0.163. The van der Waals surface area contributed by atoms with Crippen molar-refractivity contribution < 1.29 is 0 Å². The van der Waals surface area contributed by atoms with Crippen molar-refractivity contribution in [3.05, 3.63) is 222 Å². The van der Waals surface area contributed by atoms with Crippen molar-refractivity contribution in [2.24, 2.45) is 0 Å². The lowest BCUT2D eigenvalue weighted by Gasteiger charge is -2.29. The van der Waals surface area contributed by atoms with Crippen LogP contribution in [0.25, 0.3) is 66.4 Å². The summed E-state index contributed by atoms with van der Waals surface area (Å²) in [4.78, 5) is 2.45. The standard InChI is InChI=1S/C58H45N/c1-57(2)52-28-10-8-22-48(52)50-35-34-44(37-54(50)57)59(42-32-30-39(31-33-42)47-26-15-27-51-49-23-9-11-29-53(49)58(3,4)56(47)51)43-21-12-20-41(36-43)46-25-14-19-40-18-13-24-45(55(40)46)38-16-6-5-7-17-38/h5-37H,1-4H3. The molecule has 0 saturated carbocycles. The fourth-order valence-corrected chi connectivity index (χ4v) is 10.4. The van der Waals surface area contributed by atoms with Gasteiger partial charge < -0.3 is 4.90 Å². The lowest BCUT2D eigenvalue weighted by Crippen LogP contribution is -2.16. The average molecular weight is 756 g/mol. The third-order valence-electron chi connectivity index (χ3n) is 13.2. The minimum Gasteiger partial charge on any atom is -0.310 e. The first-order chi connectivity index (χ1) is 28.8. The highest BCUT2D eigenvalue weighted by atomic mass is 15.1. The van der Waals surface area contributed by atoms with Crippen LogP contribution < -0.4 is 4.90 Å². The van der Waals surface area contributed by atoms with Gasteiger partial charge in [0, 0.05) is 27.9 Å². The van der Waals surface area contributed by atoms with Crippen LogP contribution in [0.15, 0.2) is 200 Å². The summed E-state index contributed by atoms with van der Waals surface area (Å²) in [5, 5.41) is 2.51. The highest BCUT2D eigenvalue weighted by Gasteiger charge is 2.38. The van der Waals surface area contributed by atoms with Gasteiger partial charge in [-0.15, -0.1) is 0 Å². The molecule has 0 unspecified atom stereocenters. The molecular weight excluding hydrogens is 711 g/mol. The van der Waals surface area contributed by atoms with E-state index in [1.807, 2.05) is 0 Å². The zero-order valence-electron chi connectivity index (χ0n) is 34.0. The summed E-state index contributed by atoms with van der Waals surface area (Å²) < 4.78 is 0. The molecule has 1 heteroatoms. The molecule has 2 aliphatic carbocycles. The van der Waals surface area contributed by atoms with Crippen LogP contribution in [0, 0.1) is 0 Å². The van der Waals surface area contributed by atoms with Crippen molar-refractivity contribution in [2.45, 2.75) is 38.5 Å². The molecule has 11 rings (SSSR count). The molecule has 0 N–H and O–H groups in total. The van der Waals surface area contributed by atoms with Crippen molar-refractivity contribution in [1.82, 2.24) is 0 Å². The summed E-state index contributed by atoms with van der Waals surface area (Å²) in [7, 11) is 0. The van der Waals surface area contributed by atoms with E-state index in [2.05, 4.69) is 233 Å². The summed E-state index contributed by atoms with van der Waals surface area (Å²) in [6.07, 6.45) is 0. The summed E-state index contributed by atoms with van der Waals surface area (Å²) in [5.41, 5.74) is 21.5. The average Bonchev–Trinajstić information content (AvgIpc) is 3.66. The van der Waals surface area contributed by atoms with E-state index in [1.165, 1.54) is 88.7 Å². The fourth-order valence-electron chi connectivity index (χ4n) is 10.4. The van der Waals surface area contributed by atoms with E-state index < -0.39 is 0 Å². The van der Waals surface area contributed by atoms with Gasteiger partial charge in [-0.3, -0.25) is 0 Å². The van der Waals surface area contributed by atoms with Crippen LogP contribution in [0.3, 0.4) is 0 Å². The van der Waals surface area contributed by atoms with Gasteiger partial charge in [0.1, 0.15) is 0 Å². The lowest BCUT2D eigenvalue weighted by molar-refractivity contribution is 0.660. The van der Waals surface area contributed by atoms with E-state index in [9.17, 15) is 0 Å². The van der Waals surface area contributed by atoms with Gasteiger partial charge in [0.25, 0.3) is 0 Å². The minimum atomic E-state index is -0.117. The second kappa shape index (κ2) is 13.3.